The number of benzene rings is 1. The van der Waals surface area contributed by atoms with Crippen molar-refractivity contribution in [3.05, 3.63) is 62.0 Å². The van der Waals surface area contributed by atoms with E-state index in [9.17, 15) is 14.7 Å². The quantitative estimate of drug-likeness (QED) is 0.545. The maximum absolute atomic E-state index is 12.8. The van der Waals surface area contributed by atoms with E-state index in [1.54, 1.807) is 0 Å². The molecule has 0 fully saturated rings. The minimum Gasteiger partial charge on any atom is -0.394 e. The summed E-state index contributed by atoms with van der Waals surface area (Å²) in [5.74, 6) is 0.888. The molecule has 3 N–H and O–H groups in total. The molecular weight excluding hydrogens is 418 g/mol. The molecule has 0 spiro atoms. The third kappa shape index (κ3) is 3.91. The van der Waals surface area contributed by atoms with Gasteiger partial charge in [0.2, 0.25) is 5.91 Å². The van der Waals surface area contributed by atoms with Crippen LogP contribution >= 0.6 is 23.1 Å². The van der Waals surface area contributed by atoms with Crippen LogP contribution in [-0.2, 0) is 23.4 Å². The topological polar surface area (TPSA) is 95.1 Å². The Morgan fingerprint density at radius 1 is 1.33 bits per heavy atom. The van der Waals surface area contributed by atoms with Gasteiger partial charge in [-0.2, -0.15) is 0 Å². The molecule has 1 atom stereocenters. The number of carbonyl (C=O) groups is 1. The standard InChI is InChI=1S/C22H25N3O3S2/c1-12-13(2)30-21-18(12)20(28)23-17(24-21)10-29-14(3)19(27)25-22(11-26)8-15-6-4-5-7-16(15)9-22/h4-7,14,26H,8-11H2,1-3H3,(H,25,27)(H,23,24,28)/t14-/m0/s1. The van der Waals surface area contributed by atoms with Crippen molar-refractivity contribution in [1.82, 2.24) is 15.3 Å². The molecular formula is C22H25N3O3S2. The van der Waals surface area contributed by atoms with Crippen molar-refractivity contribution in [3.8, 4) is 0 Å². The summed E-state index contributed by atoms with van der Waals surface area (Å²) < 4.78 is 0. The van der Waals surface area contributed by atoms with Crippen molar-refractivity contribution in [2.24, 2.45) is 0 Å². The highest BCUT2D eigenvalue weighted by Crippen LogP contribution is 2.31. The van der Waals surface area contributed by atoms with Crippen LogP contribution in [0.25, 0.3) is 10.2 Å². The SMILES string of the molecule is Cc1sc2nc(CS[C@@H](C)C(=O)NC3(CO)Cc4ccccc4C3)[nH]c(=O)c2c1C. The molecule has 8 heteroatoms. The van der Waals surface area contributed by atoms with E-state index in [-0.39, 0.29) is 23.3 Å². The summed E-state index contributed by atoms with van der Waals surface area (Å²) in [6, 6.07) is 8.05. The molecule has 4 rings (SSSR count). The average molecular weight is 444 g/mol. The maximum atomic E-state index is 12.8. The fourth-order valence-corrected chi connectivity index (χ4v) is 5.75. The number of aliphatic hydroxyl groups is 1. The first-order chi connectivity index (χ1) is 14.3. The lowest BCUT2D eigenvalue weighted by molar-refractivity contribution is -0.122. The van der Waals surface area contributed by atoms with E-state index >= 15 is 0 Å². The number of H-pyrrole nitrogens is 1. The smallest absolute Gasteiger partial charge is 0.259 e. The maximum Gasteiger partial charge on any atom is 0.259 e. The van der Waals surface area contributed by atoms with Gasteiger partial charge in [0.05, 0.1) is 28.5 Å². The number of thiophene rings is 1. The van der Waals surface area contributed by atoms with Gasteiger partial charge in [-0.25, -0.2) is 4.98 Å². The Morgan fingerprint density at radius 3 is 2.63 bits per heavy atom. The highest BCUT2D eigenvalue weighted by atomic mass is 32.2. The number of carbonyl (C=O) groups excluding carboxylic acids is 1. The number of hydrogen-bond donors (Lipinski definition) is 3. The van der Waals surface area contributed by atoms with Gasteiger partial charge in [0.25, 0.3) is 5.56 Å². The second kappa shape index (κ2) is 8.17. The minimum absolute atomic E-state index is 0.104. The molecule has 30 heavy (non-hydrogen) atoms. The summed E-state index contributed by atoms with van der Waals surface area (Å²) in [6.07, 6.45) is 1.26. The predicted octanol–water partition coefficient (Wildman–Crippen LogP) is 2.87. The zero-order valence-electron chi connectivity index (χ0n) is 17.2. The van der Waals surface area contributed by atoms with Gasteiger partial charge in [-0.15, -0.1) is 23.1 Å². The van der Waals surface area contributed by atoms with Crippen LogP contribution in [0.15, 0.2) is 29.1 Å². The third-order valence-electron chi connectivity index (χ3n) is 5.79. The van der Waals surface area contributed by atoms with Gasteiger partial charge in [0.1, 0.15) is 10.7 Å². The molecule has 0 bridgehead atoms. The zero-order valence-corrected chi connectivity index (χ0v) is 18.9. The van der Waals surface area contributed by atoms with Crippen LogP contribution in [0, 0.1) is 13.8 Å². The van der Waals surface area contributed by atoms with E-state index in [1.165, 1.54) is 34.2 Å². The van der Waals surface area contributed by atoms with E-state index in [1.807, 2.05) is 45.0 Å². The number of aromatic amines is 1. The van der Waals surface area contributed by atoms with E-state index in [0.29, 0.717) is 29.8 Å². The van der Waals surface area contributed by atoms with E-state index in [2.05, 4.69) is 15.3 Å². The Morgan fingerprint density at radius 2 is 2.00 bits per heavy atom. The lowest BCUT2D eigenvalue weighted by atomic mass is 9.96. The molecule has 3 aromatic rings. The summed E-state index contributed by atoms with van der Waals surface area (Å²) >= 11 is 2.94. The molecule has 158 valence electrons. The number of hydrogen-bond acceptors (Lipinski definition) is 6. The molecule has 0 saturated carbocycles. The second-order valence-corrected chi connectivity index (χ2v) is 10.5. The fraction of sp³-hybridized carbons (Fsp3) is 0.409. The summed E-state index contributed by atoms with van der Waals surface area (Å²) in [5, 5.41) is 13.4. The number of aromatic nitrogens is 2. The zero-order chi connectivity index (χ0) is 21.5. The monoisotopic (exact) mass is 443 g/mol. The van der Waals surface area contributed by atoms with Gasteiger partial charge in [-0.05, 0) is 50.3 Å². The van der Waals surface area contributed by atoms with E-state index < -0.39 is 5.54 Å². The summed E-state index contributed by atoms with van der Waals surface area (Å²) in [4.78, 5) is 34.5. The molecule has 1 aliphatic carbocycles. The highest BCUT2D eigenvalue weighted by Gasteiger charge is 2.38. The number of rotatable bonds is 6. The van der Waals surface area contributed by atoms with Crippen molar-refractivity contribution in [2.75, 3.05) is 6.61 Å². The number of aliphatic hydroxyl groups excluding tert-OH is 1. The van der Waals surface area contributed by atoms with Crippen LogP contribution in [0.5, 0.6) is 0 Å². The predicted molar refractivity (Wildman–Crippen MR) is 122 cm³/mol. The summed E-state index contributed by atoms with van der Waals surface area (Å²) in [6.45, 7) is 5.65. The first-order valence-electron chi connectivity index (χ1n) is 9.92. The van der Waals surface area contributed by atoms with Crippen molar-refractivity contribution < 1.29 is 9.90 Å². The summed E-state index contributed by atoms with van der Waals surface area (Å²) in [7, 11) is 0. The van der Waals surface area contributed by atoms with Gasteiger partial charge in [-0.3, -0.25) is 9.59 Å². The molecule has 0 radical (unpaired) electrons. The highest BCUT2D eigenvalue weighted by molar-refractivity contribution is 7.99. The molecule has 1 amide bonds. The lowest BCUT2D eigenvalue weighted by Crippen LogP contribution is -2.54. The van der Waals surface area contributed by atoms with E-state index in [4.69, 9.17) is 0 Å². The average Bonchev–Trinajstić information content (AvgIpc) is 3.23. The van der Waals surface area contributed by atoms with Crippen molar-refractivity contribution >= 4 is 39.2 Å². The molecule has 1 aliphatic rings. The first kappa shape index (κ1) is 21.1. The van der Waals surface area contributed by atoms with E-state index in [0.717, 1.165) is 15.3 Å². The van der Waals surface area contributed by atoms with Crippen LogP contribution in [0.2, 0.25) is 0 Å². The number of thioether (sulfide) groups is 1. The Bertz CT molecular complexity index is 1140. The van der Waals surface area contributed by atoms with Crippen LogP contribution in [0.1, 0.15) is 34.3 Å². The number of aryl methyl sites for hydroxylation is 2. The van der Waals surface area contributed by atoms with Gasteiger partial charge in [0.15, 0.2) is 0 Å². The van der Waals surface area contributed by atoms with Crippen LogP contribution in [-0.4, -0.2) is 38.4 Å². The Labute approximate surface area is 183 Å². The number of nitrogens with one attached hydrogen (secondary N) is 2. The molecule has 0 aliphatic heterocycles. The molecule has 6 nitrogen and oxygen atoms in total. The Hall–Kier alpha value is -2.16. The molecule has 1 aromatic carbocycles. The van der Waals surface area contributed by atoms with Crippen molar-refractivity contribution in [2.45, 2.75) is 50.2 Å². The van der Waals surface area contributed by atoms with Crippen LogP contribution in [0.3, 0.4) is 0 Å². The molecule has 0 unspecified atom stereocenters. The van der Waals surface area contributed by atoms with Gasteiger partial charge < -0.3 is 15.4 Å². The molecule has 2 heterocycles. The minimum atomic E-state index is -0.646. The number of amides is 1. The van der Waals surface area contributed by atoms with Gasteiger partial charge >= 0.3 is 0 Å². The second-order valence-electron chi connectivity index (χ2n) is 7.98. The largest absolute Gasteiger partial charge is 0.394 e. The molecule has 0 saturated heterocycles. The normalized spacial score (nSPS) is 15.9. The van der Waals surface area contributed by atoms with Crippen molar-refractivity contribution in [3.63, 3.8) is 0 Å². The van der Waals surface area contributed by atoms with Crippen molar-refractivity contribution in [1.29, 1.82) is 0 Å². The van der Waals surface area contributed by atoms with Gasteiger partial charge in [-0.1, -0.05) is 24.3 Å². The van der Waals surface area contributed by atoms with Crippen LogP contribution in [0.4, 0.5) is 0 Å². The lowest BCUT2D eigenvalue weighted by Gasteiger charge is -2.29. The number of nitrogens with zero attached hydrogens (tertiary/aromatic N) is 1. The van der Waals surface area contributed by atoms with Gasteiger partial charge in [0, 0.05) is 4.88 Å². The first-order valence-corrected chi connectivity index (χ1v) is 11.8. The molecule has 2 aromatic heterocycles. The Kier molecular flexibility index (Phi) is 5.74. The fourth-order valence-electron chi connectivity index (χ4n) is 3.94. The summed E-state index contributed by atoms with van der Waals surface area (Å²) in [5.41, 5.74) is 2.54. The third-order valence-corrected chi connectivity index (χ3v) is 8.05. The number of fused-ring (bicyclic) bond motifs is 2. The Balaban J connectivity index is 1.42. The van der Waals surface area contributed by atoms with Crippen LogP contribution < -0.4 is 10.9 Å².